The van der Waals surface area contributed by atoms with Crippen molar-refractivity contribution in [3.8, 4) is 0 Å². The highest BCUT2D eigenvalue weighted by Gasteiger charge is 2.09. The molecule has 0 aliphatic heterocycles. The van der Waals surface area contributed by atoms with Gasteiger partial charge in [-0.2, -0.15) is 0 Å². The van der Waals surface area contributed by atoms with Crippen LogP contribution in [0.25, 0.3) is 0 Å². The predicted molar refractivity (Wildman–Crippen MR) is 70.8 cm³/mol. The molecule has 0 aromatic rings. The lowest BCUT2D eigenvalue weighted by molar-refractivity contribution is 0.242. The Morgan fingerprint density at radius 2 is 2.00 bits per heavy atom. The Labute approximate surface area is 104 Å². The fourth-order valence-electron chi connectivity index (χ4n) is 2.03. The number of carbonyl (C=O) groups is 1. The number of likely N-dealkylation sites (N-methyl/N-ethyl adjacent to an activating group) is 1. The maximum Gasteiger partial charge on any atom is 0.318 e. The lowest BCUT2D eigenvalue weighted by atomic mass is 9.89. The van der Waals surface area contributed by atoms with Gasteiger partial charge in [0.1, 0.15) is 0 Å². The molecule has 0 saturated heterocycles. The number of carbonyl (C=O) groups excluding carboxylic acids is 1. The second-order valence-electron chi connectivity index (χ2n) is 4.96. The topological polar surface area (TPSA) is 44.4 Å². The molecule has 0 radical (unpaired) electrons. The van der Waals surface area contributed by atoms with E-state index in [1.54, 1.807) is 6.20 Å². The van der Waals surface area contributed by atoms with Gasteiger partial charge in [-0.3, -0.25) is 0 Å². The van der Waals surface area contributed by atoms with Gasteiger partial charge in [-0.15, -0.1) is 0 Å². The number of amides is 2. The van der Waals surface area contributed by atoms with Gasteiger partial charge in [-0.1, -0.05) is 25.3 Å². The van der Waals surface area contributed by atoms with Gasteiger partial charge in [0.25, 0.3) is 0 Å². The van der Waals surface area contributed by atoms with Crippen molar-refractivity contribution >= 4 is 6.03 Å². The largest absolute Gasteiger partial charge is 0.337 e. The molecule has 1 aliphatic rings. The van der Waals surface area contributed by atoms with Crippen molar-refractivity contribution in [1.29, 1.82) is 0 Å². The third kappa shape index (κ3) is 7.00. The summed E-state index contributed by atoms with van der Waals surface area (Å²) in [6.45, 7) is 1.54. The second-order valence-corrected chi connectivity index (χ2v) is 4.96. The van der Waals surface area contributed by atoms with Crippen LogP contribution in [0.4, 0.5) is 4.79 Å². The molecule has 0 spiro atoms. The summed E-state index contributed by atoms with van der Waals surface area (Å²) in [5.41, 5.74) is 0. The van der Waals surface area contributed by atoms with E-state index in [1.165, 1.54) is 32.1 Å². The zero-order valence-corrected chi connectivity index (χ0v) is 11.0. The summed E-state index contributed by atoms with van der Waals surface area (Å²) < 4.78 is 0. The first-order valence-electron chi connectivity index (χ1n) is 6.54. The maximum atomic E-state index is 11.4. The van der Waals surface area contributed by atoms with Gasteiger partial charge >= 0.3 is 6.03 Å². The molecule has 0 unspecified atom stereocenters. The predicted octanol–water partition coefficient (Wildman–Crippen LogP) is 1.94. The molecule has 4 nitrogen and oxygen atoms in total. The summed E-state index contributed by atoms with van der Waals surface area (Å²) in [6, 6.07) is -0.112. The summed E-state index contributed by atoms with van der Waals surface area (Å²) >= 11 is 0. The van der Waals surface area contributed by atoms with E-state index in [4.69, 9.17) is 0 Å². The van der Waals surface area contributed by atoms with Crippen LogP contribution in [0.2, 0.25) is 0 Å². The van der Waals surface area contributed by atoms with E-state index in [2.05, 4.69) is 16.7 Å². The third-order valence-corrected chi connectivity index (χ3v) is 3.08. The molecular weight excluding hydrogens is 214 g/mol. The molecule has 98 valence electrons. The molecule has 0 heterocycles. The maximum absolute atomic E-state index is 11.4. The molecule has 1 saturated carbocycles. The number of hydrogen-bond donors (Lipinski definition) is 2. The molecule has 1 rings (SSSR count). The average Bonchev–Trinajstić information content (AvgIpc) is 2.30. The van der Waals surface area contributed by atoms with Gasteiger partial charge in [0.05, 0.1) is 0 Å². The van der Waals surface area contributed by atoms with E-state index in [9.17, 15) is 4.79 Å². The van der Waals surface area contributed by atoms with Crippen LogP contribution in [0.15, 0.2) is 12.3 Å². The van der Waals surface area contributed by atoms with E-state index in [0.29, 0.717) is 12.5 Å². The first-order valence-corrected chi connectivity index (χ1v) is 6.54. The van der Waals surface area contributed by atoms with Crippen molar-refractivity contribution in [2.45, 2.75) is 32.1 Å². The van der Waals surface area contributed by atoms with Crippen molar-refractivity contribution in [2.75, 3.05) is 27.2 Å². The molecule has 1 fully saturated rings. The molecule has 2 amide bonds. The van der Waals surface area contributed by atoms with Crippen molar-refractivity contribution in [1.82, 2.24) is 15.5 Å². The molecule has 4 heteroatoms. The number of allylic oxidation sites excluding steroid dienone is 1. The Balaban J connectivity index is 2.07. The Kier molecular flexibility index (Phi) is 6.70. The number of hydrogen-bond acceptors (Lipinski definition) is 2. The first kappa shape index (κ1) is 14.0. The smallest absolute Gasteiger partial charge is 0.318 e. The van der Waals surface area contributed by atoms with Gasteiger partial charge < -0.3 is 15.5 Å². The highest BCUT2D eigenvalue weighted by molar-refractivity contribution is 5.74. The number of rotatable bonds is 5. The van der Waals surface area contributed by atoms with Crippen molar-refractivity contribution < 1.29 is 4.79 Å². The summed E-state index contributed by atoms with van der Waals surface area (Å²) in [6.07, 6.45) is 10.5. The van der Waals surface area contributed by atoms with Crippen LogP contribution >= 0.6 is 0 Å². The SMILES string of the molecule is CN(C)CCNC(=O)N/C=C/C1CCCCC1. The Hall–Kier alpha value is -1.03. The minimum absolute atomic E-state index is 0.112. The lowest BCUT2D eigenvalue weighted by Gasteiger charge is -2.17. The summed E-state index contributed by atoms with van der Waals surface area (Å²) in [5.74, 6) is 0.658. The van der Waals surface area contributed by atoms with E-state index in [-0.39, 0.29) is 6.03 Å². The number of nitrogens with one attached hydrogen (secondary N) is 2. The monoisotopic (exact) mass is 239 g/mol. The summed E-state index contributed by atoms with van der Waals surface area (Å²) in [7, 11) is 3.98. The molecule has 17 heavy (non-hydrogen) atoms. The normalized spacial score (nSPS) is 17.6. The van der Waals surface area contributed by atoms with Crippen molar-refractivity contribution in [2.24, 2.45) is 5.92 Å². The Bertz CT molecular complexity index is 245. The van der Waals surface area contributed by atoms with E-state index >= 15 is 0 Å². The van der Waals surface area contributed by atoms with E-state index in [0.717, 1.165) is 6.54 Å². The highest BCUT2D eigenvalue weighted by Crippen LogP contribution is 2.24. The van der Waals surface area contributed by atoms with Gasteiger partial charge in [-0.25, -0.2) is 4.79 Å². The second kappa shape index (κ2) is 8.12. The highest BCUT2D eigenvalue weighted by atomic mass is 16.2. The van der Waals surface area contributed by atoms with Crippen LogP contribution < -0.4 is 10.6 Å². The van der Waals surface area contributed by atoms with Crippen LogP contribution in [0.3, 0.4) is 0 Å². The van der Waals surface area contributed by atoms with Crippen molar-refractivity contribution in [3.05, 3.63) is 12.3 Å². The summed E-state index contributed by atoms with van der Waals surface area (Å²) in [4.78, 5) is 13.4. The fraction of sp³-hybridized carbons (Fsp3) is 0.769. The standard InChI is InChI=1S/C13H25N3O/c1-16(2)11-10-15-13(17)14-9-8-12-6-4-3-5-7-12/h8-9,12H,3-7,10-11H2,1-2H3,(H2,14,15,17)/b9-8+. The van der Waals surface area contributed by atoms with Crippen LogP contribution in [0.5, 0.6) is 0 Å². The minimum Gasteiger partial charge on any atom is -0.337 e. The third-order valence-electron chi connectivity index (χ3n) is 3.08. The summed E-state index contributed by atoms with van der Waals surface area (Å²) in [5, 5.41) is 5.56. The molecule has 0 atom stereocenters. The molecule has 0 bridgehead atoms. The number of urea groups is 1. The fourth-order valence-corrected chi connectivity index (χ4v) is 2.03. The lowest BCUT2D eigenvalue weighted by Crippen LogP contribution is -2.36. The minimum atomic E-state index is -0.112. The Morgan fingerprint density at radius 3 is 2.65 bits per heavy atom. The van der Waals surface area contributed by atoms with Gasteiger partial charge in [0, 0.05) is 19.3 Å². The molecule has 0 aromatic heterocycles. The van der Waals surface area contributed by atoms with Crippen LogP contribution in [-0.2, 0) is 0 Å². The zero-order chi connectivity index (χ0) is 12.5. The molecule has 2 N–H and O–H groups in total. The van der Waals surface area contributed by atoms with Crippen molar-refractivity contribution in [3.63, 3.8) is 0 Å². The quantitative estimate of drug-likeness (QED) is 0.770. The van der Waals surface area contributed by atoms with Gasteiger partial charge in [-0.05, 0) is 32.9 Å². The average molecular weight is 239 g/mol. The first-order chi connectivity index (χ1) is 8.18. The van der Waals surface area contributed by atoms with Gasteiger partial charge in [0.2, 0.25) is 0 Å². The van der Waals surface area contributed by atoms with Crippen LogP contribution in [0, 0.1) is 5.92 Å². The molecular formula is C13H25N3O. The molecule has 1 aliphatic carbocycles. The van der Waals surface area contributed by atoms with Crippen LogP contribution in [0.1, 0.15) is 32.1 Å². The van der Waals surface area contributed by atoms with Gasteiger partial charge in [0.15, 0.2) is 0 Å². The Morgan fingerprint density at radius 1 is 1.29 bits per heavy atom. The zero-order valence-electron chi connectivity index (χ0n) is 11.0. The van der Waals surface area contributed by atoms with Crippen LogP contribution in [-0.4, -0.2) is 38.1 Å². The van der Waals surface area contributed by atoms with E-state index in [1.807, 2.05) is 19.0 Å². The number of nitrogens with zero attached hydrogens (tertiary/aromatic N) is 1. The van der Waals surface area contributed by atoms with E-state index < -0.39 is 0 Å². The molecule has 0 aromatic carbocycles.